The molecule has 0 spiro atoms. The number of carbonyl (C=O) groups is 2. The van der Waals surface area contributed by atoms with E-state index in [2.05, 4.69) is 30.1 Å². The standard InChI is InChI=1S/C21H24Cl2N6O3.Li.H/c1-10-15(22)16(23)18(24-10)19(30)27-17-11-8-29(9-12(11)17)14-7-13(20(31)32)25-21(26-14)28-5-3-2-4-6-28;;/h7,11-12,17,24H,2-6,8-9H2,1H3,(H,27,30)(H,31,32);;/q;+1;-1/t11-,12+,17?;;. The number of anilines is 2. The van der Waals surface area contributed by atoms with Gasteiger partial charge in [-0.25, -0.2) is 9.78 Å². The summed E-state index contributed by atoms with van der Waals surface area (Å²) in [4.78, 5) is 40.3. The van der Waals surface area contributed by atoms with Gasteiger partial charge in [-0.3, -0.25) is 4.79 Å². The third kappa shape index (κ3) is 4.56. The van der Waals surface area contributed by atoms with Crippen molar-refractivity contribution in [2.75, 3.05) is 36.0 Å². The molecule has 3 fully saturated rings. The minimum absolute atomic E-state index is 0. The molecule has 2 saturated heterocycles. The van der Waals surface area contributed by atoms with Gasteiger partial charge in [0, 0.05) is 55.8 Å². The number of aryl methyl sites for hydroxylation is 1. The molecule has 4 heterocycles. The van der Waals surface area contributed by atoms with E-state index in [4.69, 9.17) is 23.2 Å². The molecule has 0 bridgehead atoms. The molecule has 12 heteroatoms. The summed E-state index contributed by atoms with van der Waals surface area (Å²) < 4.78 is 0. The van der Waals surface area contributed by atoms with E-state index in [1.165, 1.54) is 12.5 Å². The Morgan fingerprint density at radius 1 is 1.12 bits per heavy atom. The molecular formula is C21H25Cl2LiN6O3. The summed E-state index contributed by atoms with van der Waals surface area (Å²) in [6, 6.07) is 1.59. The molecule has 1 saturated carbocycles. The van der Waals surface area contributed by atoms with Crippen LogP contribution in [0.15, 0.2) is 6.07 Å². The average Bonchev–Trinajstić information content (AvgIpc) is 3.11. The number of nitrogens with zero attached hydrogens (tertiary/aromatic N) is 4. The number of nitrogens with one attached hydrogen (secondary N) is 2. The maximum absolute atomic E-state index is 12.6. The van der Waals surface area contributed by atoms with Crippen molar-refractivity contribution in [3.05, 3.63) is 33.2 Å². The Labute approximate surface area is 214 Å². The minimum atomic E-state index is -1.06. The van der Waals surface area contributed by atoms with Crippen molar-refractivity contribution in [2.45, 2.75) is 32.2 Å². The number of carboxylic acid groups (broad SMARTS) is 1. The van der Waals surface area contributed by atoms with Crippen molar-refractivity contribution >= 4 is 46.8 Å². The topological polar surface area (TPSA) is 114 Å². The van der Waals surface area contributed by atoms with Crippen LogP contribution in [0.1, 0.15) is 47.4 Å². The maximum atomic E-state index is 12.6. The second kappa shape index (κ2) is 9.38. The van der Waals surface area contributed by atoms with Crippen LogP contribution in [-0.2, 0) is 0 Å². The van der Waals surface area contributed by atoms with Crippen molar-refractivity contribution in [1.29, 1.82) is 0 Å². The van der Waals surface area contributed by atoms with Crippen molar-refractivity contribution in [3.63, 3.8) is 0 Å². The van der Waals surface area contributed by atoms with E-state index in [9.17, 15) is 14.7 Å². The normalized spacial score (nSPS) is 23.7. The average molecular weight is 487 g/mol. The van der Waals surface area contributed by atoms with Crippen LogP contribution in [0.25, 0.3) is 0 Å². The Morgan fingerprint density at radius 3 is 2.36 bits per heavy atom. The van der Waals surface area contributed by atoms with Gasteiger partial charge in [0.15, 0.2) is 5.69 Å². The number of aromatic carboxylic acids is 1. The molecule has 5 rings (SSSR count). The summed E-state index contributed by atoms with van der Waals surface area (Å²) in [6.45, 7) is 4.84. The van der Waals surface area contributed by atoms with Crippen molar-refractivity contribution in [3.8, 4) is 0 Å². The minimum Gasteiger partial charge on any atom is -1.00 e. The molecule has 3 aliphatic rings. The number of hydrogen-bond acceptors (Lipinski definition) is 6. The first-order valence-electron chi connectivity index (χ1n) is 10.8. The van der Waals surface area contributed by atoms with Crippen LogP contribution in [0, 0.1) is 18.8 Å². The first-order chi connectivity index (χ1) is 15.3. The van der Waals surface area contributed by atoms with E-state index >= 15 is 0 Å². The molecule has 3 N–H and O–H groups in total. The van der Waals surface area contributed by atoms with Gasteiger partial charge in [-0.1, -0.05) is 23.2 Å². The Hall–Kier alpha value is -1.92. The third-order valence-corrected chi connectivity index (χ3v) is 7.60. The van der Waals surface area contributed by atoms with Crippen LogP contribution in [-0.4, -0.2) is 64.2 Å². The Morgan fingerprint density at radius 2 is 1.79 bits per heavy atom. The number of halogens is 2. The van der Waals surface area contributed by atoms with Gasteiger partial charge in [0.1, 0.15) is 11.5 Å². The van der Waals surface area contributed by atoms with Crippen molar-refractivity contribution < 1.29 is 35.0 Å². The molecule has 1 unspecified atom stereocenters. The number of fused-ring (bicyclic) bond motifs is 1. The fourth-order valence-electron chi connectivity index (χ4n) is 4.81. The number of H-pyrrole nitrogens is 1. The molecule has 1 aliphatic carbocycles. The van der Waals surface area contributed by atoms with Gasteiger partial charge in [-0.2, -0.15) is 4.98 Å². The first-order valence-corrected chi connectivity index (χ1v) is 11.6. The molecule has 0 radical (unpaired) electrons. The van der Waals surface area contributed by atoms with Gasteiger partial charge in [-0.05, 0) is 26.2 Å². The molecule has 1 amide bonds. The molecule has 9 nitrogen and oxygen atoms in total. The summed E-state index contributed by atoms with van der Waals surface area (Å²) in [5.41, 5.74) is 0.949. The number of aromatic amines is 1. The molecular weight excluding hydrogens is 462 g/mol. The first kappa shape index (κ1) is 24.2. The second-order valence-electron chi connectivity index (χ2n) is 8.75. The zero-order valence-electron chi connectivity index (χ0n) is 19.6. The summed E-state index contributed by atoms with van der Waals surface area (Å²) in [5.74, 6) is 0.359. The van der Waals surface area contributed by atoms with Crippen LogP contribution in [0.5, 0.6) is 0 Å². The van der Waals surface area contributed by atoms with E-state index < -0.39 is 5.97 Å². The van der Waals surface area contributed by atoms with Crippen LogP contribution in [0.2, 0.25) is 10.0 Å². The third-order valence-electron chi connectivity index (χ3n) is 6.66. The van der Waals surface area contributed by atoms with E-state index in [1.54, 1.807) is 6.92 Å². The van der Waals surface area contributed by atoms with Crippen LogP contribution >= 0.6 is 23.2 Å². The zero-order chi connectivity index (χ0) is 22.6. The van der Waals surface area contributed by atoms with Gasteiger partial charge in [0.05, 0.1) is 10.0 Å². The maximum Gasteiger partial charge on any atom is 1.00 e. The molecule has 0 aromatic carbocycles. The SMILES string of the molecule is Cc1[nH]c(C(=O)NC2[C@H]3CN(c4cc(C(=O)O)nc(N5CCCCC5)n4)C[C@@H]23)c(Cl)c1Cl.[H-].[Li+]. The van der Waals surface area contributed by atoms with Gasteiger partial charge in [-0.15, -0.1) is 0 Å². The zero-order valence-corrected chi connectivity index (χ0v) is 20.1. The summed E-state index contributed by atoms with van der Waals surface area (Å²) in [6.07, 6.45) is 3.28. The molecule has 3 atom stereocenters. The molecule has 2 aromatic heterocycles. The predicted octanol–water partition coefficient (Wildman–Crippen LogP) is 0.0895. The molecule has 2 aromatic rings. The van der Waals surface area contributed by atoms with Gasteiger partial charge in [0.2, 0.25) is 5.95 Å². The van der Waals surface area contributed by atoms with Crippen molar-refractivity contribution in [2.24, 2.45) is 11.8 Å². The monoisotopic (exact) mass is 486 g/mol. The summed E-state index contributed by atoms with van der Waals surface area (Å²) >= 11 is 12.2. The molecule has 2 aliphatic heterocycles. The van der Waals surface area contributed by atoms with Gasteiger partial charge >= 0.3 is 24.8 Å². The van der Waals surface area contributed by atoms with Crippen LogP contribution in [0.3, 0.4) is 0 Å². The van der Waals surface area contributed by atoms with E-state index in [0.717, 1.165) is 25.9 Å². The van der Waals surface area contributed by atoms with Crippen LogP contribution in [0.4, 0.5) is 11.8 Å². The Kier molecular flexibility index (Phi) is 6.88. The smallest absolute Gasteiger partial charge is 1.00 e. The second-order valence-corrected chi connectivity index (χ2v) is 9.51. The number of carbonyl (C=O) groups excluding carboxylic acids is 1. The fraction of sp³-hybridized carbons (Fsp3) is 0.524. The quantitative estimate of drug-likeness (QED) is 0.513. The molecule has 33 heavy (non-hydrogen) atoms. The van der Waals surface area contributed by atoms with Crippen molar-refractivity contribution in [1.82, 2.24) is 20.3 Å². The predicted molar refractivity (Wildman–Crippen MR) is 122 cm³/mol. The number of carboxylic acids is 1. The fourth-order valence-corrected chi connectivity index (χ4v) is 5.22. The Balaban J connectivity index is 0.00000162. The van der Waals surface area contributed by atoms with E-state index in [0.29, 0.717) is 35.6 Å². The number of piperidine rings is 2. The van der Waals surface area contributed by atoms with Crippen LogP contribution < -0.4 is 34.0 Å². The Bertz CT molecular complexity index is 1080. The number of amides is 1. The number of hydrogen-bond donors (Lipinski definition) is 3. The summed E-state index contributed by atoms with van der Waals surface area (Å²) in [5, 5.41) is 13.2. The van der Waals surface area contributed by atoms with E-state index in [-0.39, 0.29) is 60.5 Å². The molecule has 172 valence electrons. The van der Waals surface area contributed by atoms with Gasteiger partial charge in [0.25, 0.3) is 5.91 Å². The van der Waals surface area contributed by atoms with E-state index in [1.807, 2.05) is 0 Å². The summed E-state index contributed by atoms with van der Waals surface area (Å²) in [7, 11) is 0. The van der Waals surface area contributed by atoms with Gasteiger partial charge < -0.3 is 26.6 Å². The number of rotatable bonds is 5. The largest absolute Gasteiger partial charge is 1.00 e. The number of aromatic nitrogens is 3.